The first kappa shape index (κ1) is 27.2. The number of carbonyl (C=O) groups is 1. The van der Waals surface area contributed by atoms with Crippen molar-refractivity contribution < 1.29 is 27.1 Å². The number of methoxy groups -OCH3 is 1. The first-order valence-electron chi connectivity index (χ1n) is 12.3. The molecule has 0 bridgehead atoms. The van der Waals surface area contributed by atoms with Crippen molar-refractivity contribution in [1.29, 1.82) is 0 Å². The zero-order valence-corrected chi connectivity index (χ0v) is 22.1. The summed E-state index contributed by atoms with van der Waals surface area (Å²) in [6, 6.07) is 5.13. The van der Waals surface area contributed by atoms with Crippen LogP contribution >= 0.6 is 11.8 Å². The molecule has 1 fully saturated rings. The maximum absolute atomic E-state index is 14.6. The van der Waals surface area contributed by atoms with Gasteiger partial charge < -0.3 is 14.5 Å². The number of ether oxygens (including phenoxy) is 1. The summed E-state index contributed by atoms with van der Waals surface area (Å²) < 4.78 is 64.3. The Labute approximate surface area is 226 Å². The number of hydrogen-bond acceptors (Lipinski definition) is 6. The number of aromatic nitrogens is 2. The fourth-order valence-electron chi connectivity index (χ4n) is 5.35. The Kier molecular flexibility index (Phi) is 7.19. The van der Waals surface area contributed by atoms with Crippen LogP contribution in [-0.2, 0) is 15.7 Å². The van der Waals surface area contributed by atoms with Gasteiger partial charge in [0.15, 0.2) is 0 Å². The summed E-state index contributed by atoms with van der Waals surface area (Å²) in [5, 5.41) is 0.187. The molecule has 7 nitrogen and oxygen atoms in total. The highest BCUT2D eigenvalue weighted by Crippen LogP contribution is 2.49. The molecule has 0 saturated carbocycles. The molecule has 2 aromatic carbocycles. The van der Waals surface area contributed by atoms with Crippen molar-refractivity contribution in [3.63, 3.8) is 0 Å². The second kappa shape index (κ2) is 10.3. The predicted molar refractivity (Wildman–Crippen MR) is 142 cm³/mol. The minimum Gasteiger partial charge on any atom is -0.383 e. The van der Waals surface area contributed by atoms with E-state index >= 15 is 0 Å². The fourth-order valence-corrected chi connectivity index (χ4v) is 6.67. The zero-order chi connectivity index (χ0) is 28.1. The van der Waals surface area contributed by atoms with E-state index in [-0.39, 0.29) is 52.3 Å². The van der Waals surface area contributed by atoms with Gasteiger partial charge in [-0.05, 0) is 36.8 Å². The maximum Gasteiger partial charge on any atom is 0.417 e. The smallest absolute Gasteiger partial charge is 0.383 e. The number of carbonyl (C=O) groups excluding carboxylic acids is 1. The molecule has 2 unspecified atom stereocenters. The molecular weight excluding hydrogens is 536 g/mol. The molecule has 12 heteroatoms. The minimum atomic E-state index is -4.74. The molecule has 206 valence electrons. The number of anilines is 1. The first-order valence-corrected chi connectivity index (χ1v) is 13.3. The van der Waals surface area contributed by atoms with Crippen molar-refractivity contribution in [1.82, 2.24) is 14.5 Å². The Morgan fingerprint density at radius 3 is 2.59 bits per heavy atom. The van der Waals surface area contributed by atoms with Crippen molar-refractivity contribution in [2.75, 3.05) is 44.0 Å². The standard InChI is InChI=1S/C27H26F4N4O3S/c1-4-21(36)33-9-10-34(15(2)12-33)25-19-11-20(27(29,30)31)22(16-5-7-17(28)8-6-16)24-23(19)35(26(37)32-25)18(13-38-3)14-39-24/h4-8,11,15,18H,1,9-10,12-14H2,2-3H3. The fraction of sp³-hybridized carbons (Fsp3) is 0.370. The summed E-state index contributed by atoms with van der Waals surface area (Å²) in [4.78, 5) is 33.6. The molecule has 1 aromatic heterocycles. The average Bonchev–Trinajstić information content (AvgIpc) is 2.90. The van der Waals surface area contributed by atoms with Crippen LogP contribution in [0, 0.1) is 5.82 Å². The second-order valence-electron chi connectivity index (χ2n) is 9.57. The molecule has 0 aliphatic carbocycles. The molecule has 5 rings (SSSR count). The molecular formula is C27H26F4N4O3S. The highest BCUT2D eigenvalue weighted by atomic mass is 32.2. The van der Waals surface area contributed by atoms with E-state index in [1.54, 1.807) is 9.80 Å². The van der Waals surface area contributed by atoms with E-state index < -0.39 is 29.3 Å². The van der Waals surface area contributed by atoms with Crippen molar-refractivity contribution in [2.24, 2.45) is 0 Å². The zero-order valence-electron chi connectivity index (χ0n) is 21.3. The predicted octanol–water partition coefficient (Wildman–Crippen LogP) is 4.74. The molecule has 1 saturated heterocycles. The van der Waals surface area contributed by atoms with Crippen LogP contribution in [0.3, 0.4) is 0 Å². The lowest BCUT2D eigenvalue weighted by molar-refractivity contribution is -0.137. The number of halogens is 4. The lowest BCUT2D eigenvalue weighted by Crippen LogP contribution is -2.54. The molecule has 2 atom stereocenters. The Balaban J connectivity index is 1.81. The summed E-state index contributed by atoms with van der Waals surface area (Å²) >= 11 is 1.21. The van der Waals surface area contributed by atoms with Crippen LogP contribution in [0.2, 0.25) is 0 Å². The number of thioether (sulfide) groups is 1. The molecule has 3 aromatic rings. The molecule has 0 N–H and O–H groups in total. The van der Waals surface area contributed by atoms with Crippen molar-refractivity contribution in [2.45, 2.75) is 30.1 Å². The molecule has 1 amide bonds. The number of rotatable bonds is 5. The second-order valence-corrected chi connectivity index (χ2v) is 10.6. The minimum absolute atomic E-state index is 0.101. The average molecular weight is 563 g/mol. The number of piperazine rings is 1. The highest BCUT2D eigenvalue weighted by molar-refractivity contribution is 7.99. The van der Waals surface area contributed by atoms with Gasteiger partial charge in [0.05, 0.1) is 23.7 Å². The van der Waals surface area contributed by atoms with Gasteiger partial charge in [-0.2, -0.15) is 18.2 Å². The molecule has 0 radical (unpaired) electrons. The van der Waals surface area contributed by atoms with E-state index in [1.165, 1.54) is 41.6 Å². The Morgan fingerprint density at radius 2 is 1.97 bits per heavy atom. The Morgan fingerprint density at radius 1 is 1.26 bits per heavy atom. The quantitative estimate of drug-likeness (QED) is 0.331. The van der Waals surface area contributed by atoms with E-state index in [1.807, 2.05) is 6.92 Å². The lowest BCUT2D eigenvalue weighted by Gasteiger charge is -2.41. The van der Waals surface area contributed by atoms with E-state index in [9.17, 15) is 27.2 Å². The summed E-state index contributed by atoms with van der Waals surface area (Å²) in [5.74, 6) is -0.374. The number of nitrogens with zero attached hydrogens (tertiary/aromatic N) is 4. The third-order valence-corrected chi connectivity index (χ3v) is 8.35. The van der Waals surface area contributed by atoms with Gasteiger partial charge in [0.2, 0.25) is 5.91 Å². The van der Waals surface area contributed by atoms with Crippen LogP contribution < -0.4 is 10.6 Å². The summed E-state index contributed by atoms with van der Waals surface area (Å²) in [7, 11) is 1.49. The van der Waals surface area contributed by atoms with E-state index in [0.29, 0.717) is 24.4 Å². The van der Waals surface area contributed by atoms with Gasteiger partial charge in [0, 0.05) is 54.4 Å². The van der Waals surface area contributed by atoms with E-state index in [4.69, 9.17) is 4.74 Å². The number of hydrogen-bond donors (Lipinski definition) is 0. The third-order valence-electron chi connectivity index (χ3n) is 7.11. The molecule has 3 heterocycles. The van der Waals surface area contributed by atoms with Crippen molar-refractivity contribution in [3.8, 4) is 11.1 Å². The van der Waals surface area contributed by atoms with Crippen LogP contribution in [0.1, 0.15) is 18.5 Å². The first-order chi connectivity index (χ1) is 18.5. The van der Waals surface area contributed by atoms with Gasteiger partial charge in [-0.25, -0.2) is 9.18 Å². The van der Waals surface area contributed by atoms with Crippen LogP contribution in [0.4, 0.5) is 23.4 Å². The normalized spacial score (nSPS) is 19.4. The number of benzene rings is 2. The number of alkyl halides is 3. The Hall–Kier alpha value is -3.38. The largest absolute Gasteiger partial charge is 0.417 e. The maximum atomic E-state index is 14.6. The lowest BCUT2D eigenvalue weighted by atomic mass is 9.95. The SMILES string of the molecule is C=CC(=O)N1CCN(c2nc(=O)n3c4c(c(-c5ccc(F)cc5)c(C(F)(F)F)cc24)SCC3COC)C(C)C1. The molecule has 0 spiro atoms. The molecule has 2 aliphatic heterocycles. The molecule has 2 aliphatic rings. The van der Waals surface area contributed by atoms with Crippen molar-refractivity contribution >= 4 is 34.4 Å². The van der Waals surface area contributed by atoms with Crippen LogP contribution in [0.5, 0.6) is 0 Å². The highest BCUT2D eigenvalue weighted by Gasteiger charge is 2.40. The van der Waals surface area contributed by atoms with Gasteiger partial charge in [0.25, 0.3) is 0 Å². The summed E-state index contributed by atoms with van der Waals surface area (Å²) in [6.07, 6.45) is -3.52. The van der Waals surface area contributed by atoms with Crippen LogP contribution in [0.25, 0.3) is 22.0 Å². The van der Waals surface area contributed by atoms with Gasteiger partial charge in [-0.3, -0.25) is 9.36 Å². The van der Waals surface area contributed by atoms with Gasteiger partial charge in [-0.15, -0.1) is 11.8 Å². The van der Waals surface area contributed by atoms with E-state index in [0.717, 1.165) is 18.2 Å². The molecule has 39 heavy (non-hydrogen) atoms. The topological polar surface area (TPSA) is 67.7 Å². The monoisotopic (exact) mass is 562 g/mol. The summed E-state index contributed by atoms with van der Waals surface area (Å²) in [5.41, 5.74) is -1.05. The van der Waals surface area contributed by atoms with E-state index in [2.05, 4.69) is 11.6 Å². The van der Waals surface area contributed by atoms with Gasteiger partial charge in [0.1, 0.15) is 11.6 Å². The third kappa shape index (κ3) is 4.80. The van der Waals surface area contributed by atoms with Gasteiger partial charge >= 0.3 is 11.9 Å². The van der Waals surface area contributed by atoms with Crippen LogP contribution in [0.15, 0.2) is 52.7 Å². The van der Waals surface area contributed by atoms with Crippen LogP contribution in [-0.4, -0.2) is 65.5 Å². The van der Waals surface area contributed by atoms with Gasteiger partial charge in [-0.1, -0.05) is 18.7 Å². The van der Waals surface area contributed by atoms with Crippen molar-refractivity contribution in [3.05, 3.63) is 64.9 Å². The number of amides is 1. The summed E-state index contributed by atoms with van der Waals surface area (Å²) in [6.45, 7) is 6.39. The Bertz CT molecular complexity index is 1510.